The van der Waals surface area contributed by atoms with Crippen LogP contribution in [0.2, 0.25) is 0 Å². The first-order valence-corrected chi connectivity index (χ1v) is 15.3. The van der Waals surface area contributed by atoms with Crippen LogP contribution in [0.3, 0.4) is 0 Å². The Labute approximate surface area is 223 Å². The van der Waals surface area contributed by atoms with E-state index < -0.39 is 31.9 Å². The molecule has 0 saturated carbocycles. The number of nitrogens with one attached hydrogen (secondary N) is 2. The van der Waals surface area contributed by atoms with Crippen molar-refractivity contribution in [3.8, 4) is 5.75 Å². The largest absolute Gasteiger partial charge is 0.495 e. The van der Waals surface area contributed by atoms with Crippen molar-refractivity contribution >= 4 is 31.5 Å². The number of carbonyl (C=O) groups excluding carboxylic acids is 1. The summed E-state index contributed by atoms with van der Waals surface area (Å²) in [4.78, 5) is 11.5. The number of nitrogens with zero attached hydrogens (tertiary/aromatic N) is 1. The molecule has 202 valence electrons. The second-order valence-electron chi connectivity index (χ2n) is 9.20. The normalized spacial score (nSPS) is 18.8. The fourth-order valence-electron chi connectivity index (χ4n) is 4.58. The average Bonchev–Trinajstić information content (AvgIpc) is 3.20. The molecule has 1 aliphatic rings. The van der Waals surface area contributed by atoms with Crippen molar-refractivity contribution < 1.29 is 26.4 Å². The van der Waals surface area contributed by atoms with Crippen molar-refractivity contribution in [3.63, 3.8) is 0 Å². The molecule has 0 aliphatic carbocycles. The Morgan fingerprint density at radius 3 is 2.21 bits per heavy atom. The number of rotatable bonds is 10. The van der Waals surface area contributed by atoms with Gasteiger partial charge in [-0.2, -0.15) is 4.31 Å². The molecule has 0 radical (unpaired) electrons. The first-order chi connectivity index (χ1) is 18.1. The highest BCUT2D eigenvalue weighted by Crippen LogP contribution is 2.34. The average molecular weight is 558 g/mol. The van der Waals surface area contributed by atoms with Gasteiger partial charge in [-0.25, -0.2) is 16.8 Å². The Morgan fingerprint density at radius 2 is 1.61 bits per heavy atom. The lowest BCUT2D eigenvalue weighted by Crippen LogP contribution is -2.51. The second-order valence-corrected chi connectivity index (χ2v) is 13.2. The van der Waals surface area contributed by atoms with Crippen molar-refractivity contribution in [3.05, 3.63) is 90.0 Å². The third-order valence-corrected chi connectivity index (χ3v) is 9.96. The first-order valence-electron chi connectivity index (χ1n) is 12.1. The highest BCUT2D eigenvalue weighted by atomic mass is 32.2. The maximum absolute atomic E-state index is 14.3. The molecule has 1 heterocycles. The first kappa shape index (κ1) is 27.8. The number of carbonyl (C=O) groups is 1. The molecule has 2 N–H and O–H groups in total. The minimum absolute atomic E-state index is 0.0413. The van der Waals surface area contributed by atoms with Gasteiger partial charge < -0.3 is 15.4 Å². The quantitative estimate of drug-likeness (QED) is 0.393. The number of sulfonamides is 1. The Morgan fingerprint density at radius 1 is 0.974 bits per heavy atom. The summed E-state index contributed by atoms with van der Waals surface area (Å²) in [6.07, 6.45) is 0. The van der Waals surface area contributed by atoms with E-state index in [1.807, 2.05) is 36.4 Å². The minimum atomic E-state index is -4.30. The van der Waals surface area contributed by atoms with Crippen LogP contribution in [-0.2, 0) is 37.7 Å². The fraction of sp³-hybridized carbons (Fsp3) is 0.296. The van der Waals surface area contributed by atoms with Crippen LogP contribution in [0.5, 0.6) is 5.75 Å². The van der Waals surface area contributed by atoms with Crippen LogP contribution >= 0.6 is 0 Å². The van der Waals surface area contributed by atoms with Gasteiger partial charge in [0.2, 0.25) is 15.9 Å². The molecule has 4 rings (SSSR count). The summed E-state index contributed by atoms with van der Waals surface area (Å²) in [6.45, 7) is 1.67. The van der Waals surface area contributed by atoms with E-state index in [9.17, 15) is 21.6 Å². The van der Waals surface area contributed by atoms with E-state index in [-0.39, 0.29) is 40.3 Å². The van der Waals surface area contributed by atoms with Crippen LogP contribution in [0.15, 0.2) is 83.8 Å². The number of hydrogen-bond donors (Lipinski definition) is 2. The van der Waals surface area contributed by atoms with E-state index in [2.05, 4.69) is 10.6 Å². The Balaban J connectivity index is 1.77. The van der Waals surface area contributed by atoms with Crippen molar-refractivity contribution in [1.82, 2.24) is 9.62 Å². The van der Waals surface area contributed by atoms with Gasteiger partial charge in [0.15, 0.2) is 9.84 Å². The summed E-state index contributed by atoms with van der Waals surface area (Å²) in [5.41, 5.74) is 1.95. The van der Waals surface area contributed by atoms with E-state index in [1.54, 1.807) is 30.3 Å². The third-order valence-electron chi connectivity index (χ3n) is 6.36. The van der Waals surface area contributed by atoms with Crippen LogP contribution < -0.4 is 15.4 Å². The van der Waals surface area contributed by atoms with Gasteiger partial charge in [-0.15, -0.1) is 0 Å². The number of hydrogen-bond acceptors (Lipinski definition) is 7. The zero-order valence-electron chi connectivity index (χ0n) is 21.2. The van der Waals surface area contributed by atoms with Gasteiger partial charge in [0, 0.05) is 31.7 Å². The standard InChI is InChI=1S/C27H31N3O6S2/c1-20(31)29-23-13-14-26(36-2)27(15-23)38(34,35)30(17-22-11-7-4-8-12-22)25-19-37(32,33)18-24(25)28-16-21-9-5-3-6-10-21/h3-15,24-25,28H,16-19H2,1-2H3,(H,29,31)/t24-,25-/m0/s1. The fourth-order valence-corrected chi connectivity index (χ4v) is 8.46. The summed E-state index contributed by atoms with van der Waals surface area (Å²) in [5.74, 6) is -0.772. The number of amides is 1. The van der Waals surface area contributed by atoms with Crippen LogP contribution in [0.25, 0.3) is 0 Å². The second kappa shape index (κ2) is 11.6. The van der Waals surface area contributed by atoms with E-state index in [0.29, 0.717) is 12.1 Å². The molecule has 11 heteroatoms. The van der Waals surface area contributed by atoms with Gasteiger partial charge >= 0.3 is 0 Å². The highest BCUT2D eigenvalue weighted by Gasteiger charge is 2.46. The summed E-state index contributed by atoms with van der Waals surface area (Å²) in [6, 6.07) is 21.4. The van der Waals surface area contributed by atoms with Crippen molar-refractivity contribution in [1.29, 1.82) is 0 Å². The lowest BCUT2D eigenvalue weighted by molar-refractivity contribution is -0.114. The molecule has 1 fully saturated rings. The zero-order chi connectivity index (χ0) is 27.3. The molecule has 2 atom stereocenters. The van der Waals surface area contributed by atoms with Gasteiger partial charge in [-0.05, 0) is 29.3 Å². The van der Waals surface area contributed by atoms with Crippen molar-refractivity contribution in [2.24, 2.45) is 0 Å². The van der Waals surface area contributed by atoms with Crippen LogP contribution in [0, 0.1) is 0 Å². The molecule has 0 aromatic heterocycles. The number of anilines is 1. The molecule has 0 unspecified atom stereocenters. The topological polar surface area (TPSA) is 122 Å². The maximum Gasteiger partial charge on any atom is 0.247 e. The minimum Gasteiger partial charge on any atom is -0.495 e. The predicted octanol–water partition coefficient (Wildman–Crippen LogP) is 2.80. The van der Waals surface area contributed by atoms with E-state index in [4.69, 9.17) is 4.74 Å². The number of benzene rings is 3. The SMILES string of the molecule is COc1ccc(NC(C)=O)cc1S(=O)(=O)N(Cc1ccccc1)[C@H]1CS(=O)(=O)C[C@@H]1NCc1ccccc1. The van der Waals surface area contributed by atoms with E-state index in [0.717, 1.165) is 5.56 Å². The summed E-state index contributed by atoms with van der Waals surface area (Å²) in [5, 5.41) is 5.89. The lowest BCUT2D eigenvalue weighted by atomic mass is 10.1. The summed E-state index contributed by atoms with van der Waals surface area (Å²) < 4.78 is 60.9. The zero-order valence-corrected chi connectivity index (χ0v) is 22.8. The summed E-state index contributed by atoms with van der Waals surface area (Å²) >= 11 is 0. The smallest absolute Gasteiger partial charge is 0.247 e. The highest BCUT2D eigenvalue weighted by molar-refractivity contribution is 7.92. The number of ether oxygens (including phenoxy) is 1. The Bertz CT molecular complexity index is 1480. The molecular formula is C27H31N3O6S2. The monoisotopic (exact) mass is 557 g/mol. The molecule has 38 heavy (non-hydrogen) atoms. The maximum atomic E-state index is 14.3. The number of sulfone groups is 1. The van der Waals surface area contributed by atoms with Crippen LogP contribution in [-0.4, -0.2) is 57.7 Å². The molecule has 3 aromatic rings. The number of methoxy groups -OCH3 is 1. The van der Waals surface area contributed by atoms with Gasteiger partial charge in [0.05, 0.1) is 24.7 Å². The molecule has 1 aliphatic heterocycles. The van der Waals surface area contributed by atoms with Crippen LogP contribution in [0.1, 0.15) is 18.1 Å². The van der Waals surface area contributed by atoms with Crippen LogP contribution in [0.4, 0.5) is 5.69 Å². The summed E-state index contributed by atoms with van der Waals surface area (Å²) in [7, 11) is -6.46. The van der Waals surface area contributed by atoms with E-state index in [1.165, 1.54) is 30.5 Å². The molecule has 9 nitrogen and oxygen atoms in total. The predicted molar refractivity (Wildman–Crippen MR) is 146 cm³/mol. The van der Waals surface area contributed by atoms with Gasteiger partial charge in [0.25, 0.3) is 0 Å². The molecule has 1 amide bonds. The van der Waals surface area contributed by atoms with E-state index >= 15 is 0 Å². The molecule has 0 spiro atoms. The Hall–Kier alpha value is -3.25. The van der Waals surface area contributed by atoms with Gasteiger partial charge in [-0.3, -0.25) is 4.79 Å². The molecule has 1 saturated heterocycles. The molecule has 3 aromatic carbocycles. The third kappa shape index (κ3) is 6.60. The van der Waals surface area contributed by atoms with Crippen molar-refractivity contribution in [2.75, 3.05) is 23.9 Å². The van der Waals surface area contributed by atoms with Gasteiger partial charge in [0.1, 0.15) is 10.6 Å². The van der Waals surface area contributed by atoms with Crippen molar-refractivity contribution in [2.45, 2.75) is 37.0 Å². The van der Waals surface area contributed by atoms with Gasteiger partial charge in [-0.1, -0.05) is 60.7 Å². The molecular weight excluding hydrogens is 526 g/mol. The Kier molecular flexibility index (Phi) is 8.51. The molecule has 0 bridgehead atoms. The lowest BCUT2D eigenvalue weighted by Gasteiger charge is -2.32.